The fourth-order valence-electron chi connectivity index (χ4n) is 3.44. The highest BCUT2D eigenvalue weighted by atomic mass is 16.2. The first-order chi connectivity index (χ1) is 11.6. The Hall–Kier alpha value is -2.14. The monoisotopic (exact) mass is 326 g/mol. The predicted octanol–water partition coefficient (Wildman–Crippen LogP) is 2.40. The number of nitrogens with zero attached hydrogens (tertiary/aromatic N) is 3. The van der Waals surface area contributed by atoms with Gasteiger partial charge in [0.15, 0.2) is 0 Å². The molecule has 2 atom stereocenters. The van der Waals surface area contributed by atoms with E-state index in [-0.39, 0.29) is 18.0 Å². The first-order valence-corrected chi connectivity index (χ1v) is 8.69. The smallest absolute Gasteiger partial charge is 0.236 e. The molecule has 5 heteroatoms. The van der Waals surface area contributed by atoms with Gasteiger partial charge in [0.25, 0.3) is 0 Å². The van der Waals surface area contributed by atoms with Gasteiger partial charge in [-0.3, -0.25) is 9.48 Å². The van der Waals surface area contributed by atoms with Crippen molar-refractivity contribution in [3.05, 3.63) is 53.9 Å². The molecule has 0 radical (unpaired) electrons. The van der Waals surface area contributed by atoms with Gasteiger partial charge in [0.05, 0.1) is 19.1 Å². The summed E-state index contributed by atoms with van der Waals surface area (Å²) in [7, 11) is 1.93. The Morgan fingerprint density at radius 1 is 1.42 bits per heavy atom. The Kier molecular flexibility index (Phi) is 5.30. The van der Waals surface area contributed by atoms with Crippen molar-refractivity contribution < 1.29 is 4.79 Å². The number of aryl methyl sites for hydroxylation is 1. The molecule has 1 aliphatic rings. The summed E-state index contributed by atoms with van der Waals surface area (Å²) in [5.41, 5.74) is 2.69. The Morgan fingerprint density at radius 3 is 3.04 bits per heavy atom. The van der Waals surface area contributed by atoms with Crippen LogP contribution in [0.25, 0.3) is 0 Å². The number of carbonyl (C=O) groups is 1. The van der Waals surface area contributed by atoms with Crippen LogP contribution in [0, 0.1) is 0 Å². The summed E-state index contributed by atoms with van der Waals surface area (Å²) >= 11 is 0. The van der Waals surface area contributed by atoms with Gasteiger partial charge in [-0.1, -0.05) is 24.3 Å². The van der Waals surface area contributed by atoms with Crippen molar-refractivity contribution in [1.29, 1.82) is 0 Å². The van der Waals surface area contributed by atoms with Crippen LogP contribution < -0.4 is 5.32 Å². The van der Waals surface area contributed by atoms with Gasteiger partial charge in [-0.25, -0.2) is 0 Å². The standard InChI is InChI=1S/C19H26N4O/c1-15(14-23-12-6-11-21-23)20-13-19(24)22(2)18-10-5-8-16-7-3-4-9-17(16)18/h3-4,6-7,9,11-12,15,18,20H,5,8,10,13-14H2,1-2H3/t15-,18+/m0/s1. The molecule has 0 fully saturated rings. The molecular formula is C19H26N4O. The summed E-state index contributed by atoms with van der Waals surface area (Å²) in [4.78, 5) is 14.5. The van der Waals surface area contributed by atoms with Gasteiger partial charge in [-0.15, -0.1) is 0 Å². The highest BCUT2D eigenvalue weighted by Gasteiger charge is 2.26. The lowest BCUT2D eigenvalue weighted by Crippen LogP contribution is -2.42. The highest BCUT2D eigenvalue weighted by Crippen LogP contribution is 2.33. The van der Waals surface area contributed by atoms with Crippen molar-refractivity contribution in [2.45, 2.75) is 44.8 Å². The number of amides is 1. The molecule has 1 aromatic carbocycles. The Morgan fingerprint density at radius 2 is 2.25 bits per heavy atom. The van der Waals surface area contributed by atoms with Crippen molar-refractivity contribution in [3.8, 4) is 0 Å². The zero-order chi connectivity index (χ0) is 16.9. The van der Waals surface area contributed by atoms with Crippen LogP contribution in [0.4, 0.5) is 0 Å². The van der Waals surface area contributed by atoms with Crippen LogP contribution in [-0.2, 0) is 17.8 Å². The maximum absolute atomic E-state index is 12.6. The quantitative estimate of drug-likeness (QED) is 0.887. The van der Waals surface area contributed by atoms with E-state index in [1.807, 2.05) is 28.9 Å². The normalized spacial score (nSPS) is 18.0. The fraction of sp³-hybridized carbons (Fsp3) is 0.474. The molecule has 3 rings (SSSR count). The number of fused-ring (bicyclic) bond motifs is 1. The summed E-state index contributed by atoms with van der Waals surface area (Å²) in [5, 5.41) is 7.51. The van der Waals surface area contributed by atoms with E-state index in [9.17, 15) is 4.79 Å². The number of carbonyl (C=O) groups excluding carboxylic acids is 1. The molecule has 0 saturated heterocycles. The second-order valence-corrected chi connectivity index (χ2v) is 6.62. The third kappa shape index (κ3) is 3.85. The van der Waals surface area contributed by atoms with Crippen molar-refractivity contribution in [1.82, 2.24) is 20.0 Å². The summed E-state index contributed by atoms with van der Waals surface area (Å²) in [6.45, 7) is 3.19. The molecule has 24 heavy (non-hydrogen) atoms. The molecule has 1 aromatic heterocycles. The van der Waals surface area contributed by atoms with Gasteiger partial charge in [0, 0.05) is 25.5 Å². The number of aromatic nitrogens is 2. The molecule has 0 bridgehead atoms. The summed E-state index contributed by atoms with van der Waals surface area (Å²) in [5.74, 6) is 0.143. The number of nitrogens with one attached hydrogen (secondary N) is 1. The number of hydrogen-bond acceptors (Lipinski definition) is 3. The predicted molar refractivity (Wildman–Crippen MR) is 94.6 cm³/mol. The molecule has 128 valence electrons. The van der Waals surface area contributed by atoms with Crippen LogP contribution in [-0.4, -0.2) is 40.2 Å². The topological polar surface area (TPSA) is 50.2 Å². The summed E-state index contributed by atoms with van der Waals surface area (Å²) in [6.07, 6.45) is 7.01. The van der Waals surface area contributed by atoms with Crippen molar-refractivity contribution in [2.75, 3.05) is 13.6 Å². The van der Waals surface area contributed by atoms with E-state index >= 15 is 0 Å². The Labute approximate surface area is 143 Å². The Balaban J connectivity index is 1.55. The number of benzene rings is 1. The fourth-order valence-corrected chi connectivity index (χ4v) is 3.44. The second-order valence-electron chi connectivity index (χ2n) is 6.62. The number of rotatable bonds is 6. The van der Waals surface area contributed by atoms with Gasteiger partial charge in [-0.2, -0.15) is 5.10 Å². The molecule has 5 nitrogen and oxygen atoms in total. The first-order valence-electron chi connectivity index (χ1n) is 8.69. The summed E-state index contributed by atoms with van der Waals surface area (Å²) in [6, 6.07) is 10.8. The molecule has 1 amide bonds. The molecule has 1 N–H and O–H groups in total. The zero-order valence-corrected chi connectivity index (χ0v) is 14.5. The third-order valence-corrected chi connectivity index (χ3v) is 4.82. The van der Waals surface area contributed by atoms with Crippen LogP contribution in [0.5, 0.6) is 0 Å². The average Bonchev–Trinajstić information content (AvgIpc) is 3.11. The van der Waals surface area contributed by atoms with Gasteiger partial charge < -0.3 is 10.2 Å². The van der Waals surface area contributed by atoms with E-state index in [1.54, 1.807) is 6.20 Å². The van der Waals surface area contributed by atoms with Gasteiger partial charge >= 0.3 is 0 Å². The summed E-state index contributed by atoms with van der Waals surface area (Å²) < 4.78 is 1.88. The average molecular weight is 326 g/mol. The third-order valence-electron chi connectivity index (χ3n) is 4.82. The van der Waals surface area contributed by atoms with E-state index in [2.05, 4.69) is 41.6 Å². The molecule has 0 spiro atoms. The van der Waals surface area contributed by atoms with E-state index in [4.69, 9.17) is 0 Å². The number of hydrogen-bond donors (Lipinski definition) is 1. The minimum atomic E-state index is 0.143. The van der Waals surface area contributed by atoms with Crippen LogP contribution >= 0.6 is 0 Å². The van der Waals surface area contributed by atoms with Crippen molar-refractivity contribution in [3.63, 3.8) is 0 Å². The van der Waals surface area contributed by atoms with Gasteiger partial charge in [-0.05, 0) is 43.4 Å². The molecule has 0 unspecified atom stereocenters. The molecule has 1 aliphatic carbocycles. The first kappa shape index (κ1) is 16.7. The van der Waals surface area contributed by atoms with Crippen molar-refractivity contribution >= 4 is 5.91 Å². The molecule has 0 saturated carbocycles. The van der Waals surface area contributed by atoms with E-state index in [0.717, 1.165) is 25.8 Å². The molecular weight excluding hydrogens is 300 g/mol. The van der Waals surface area contributed by atoms with Gasteiger partial charge in [0.2, 0.25) is 5.91 Å². The maximum atomic E-state index is 12.6. The molecule has 2 aromatic rings. The minimum Gasteiger partial charge on any atom is -0.338 e. The van der Waals surface area contributed by atoms with Crippen molar-refractivity contribution in [2.24, 2.45) is 0 Å². The molecule has 1 heterocycles. The van der Waals surface area contributed by atoms with Crippen LogP contribution in [0.2, 0.25) is 0 Å². The Bertz CT molecular complexity index is 668. The largest absolute Gasteiger partial charge is 0.338 e. The maximum Gasteiger partial charge on any atom is 0.236 e. The SMILES string of the molecule is C[C@@H](Cn1cccn1)NCC(=O)N(C)[C@@H]1CCCc2ccccc21. The lowest BCUT2D eigenvalue weighted by Gasteiger charge is -2.33. The van der Waals surface area contributed by atoms with Crippen LogP contribution in [0.1, 0.15) is 36.9 Å². The van der Waals surface area contributed by atoms with Crippen LogP contribution in [0.15, 0.2) is 42.7 Å². The van der Waals surface area contributed by atoms with E-state index in [1.165, 1.54) is 11.1 Å². The minimum absolute atomic E-state index is 0.143. The lowest BCUT2D eigenvalue weighted by molar-refractivity contribution is -0.131. The lowest BCUT2D eigenvalue weighted by atomic mass is 9.87. The van der Waals surface area contributed by atoms with E-state index in [0.29, 0.717) is 6.54 Å². The van der Waals surface area contributed by atoms with Gasteiger partial charge in [0.1, 0.15) is 0 Å². The molecule has 0 aliphatic heterocycles. The number of likely N-dealkylation sites (N-methyl/N-ethyl adjacent to an activating group) is 1. The zero-order valence-electron chi connectivity index (χ0n) is 14.5. The van der Waals surface area contributed by atoms with E-state index < -0.39 is 0 Å². The second kappa shape index (κ2) is 7.62. The van der Waals surface area contributed by atoms with Crippen LogP contribution in [0.3, 0.4) is 0 Å². The highest BCUT2D eigenvalue weighted by molar-refractivity contribution is 5.78.